The van der Waals surface area contributed by atoms with Crippen molar-refractivity contribution in [3.05, 3.63) is 39.4 Å². The van der Waals surface area contributed by atoms with Gasteiger partial charge in [0.25, 0.3) is 5.69 Å². The molecule has 1 unspecified atom stereocenters. The second kappa shape index (κ2) is 5.77. The van der Waals surface area contributed by atoms with Gasteiger partial charge in [-0.25, -0.2) is 0 Å². The molecule has 1 aromatic rings. The van der Waals surface area contributed by atoms with Crippen LogP contribution >= 0.6 is 15.9 Å². The largest absolute Gasteiger partial charge is 0.468 e. The molecule has 0 aliphatic carbocycles. The zero-order valence-corrected chi connectivity index (χ0v) is 11.1. The lowest BCUT2D eigenvalue weighted by atomic mass is 10.0. The summed E-state index contributed by atoms with van der Waals surface area (Å²) in [6.45, 7) is 1.84. The molecule has 0 aliphatic heterocycles. The number of halogens is 1. The number of aryl methyl sites for hydroxylation is 1. The first-order valence-corrected chi connectivity index (χ1v) is 5.83. The average Bonchev–Trinajstić information content (AvgIpc) is 2.27. The summed E-state index contributed by atoms with van der Waals surface area (Å²) in [6, 6.07) is 4.82. The van der Waals surface area contributed by atoms with Crippen LogP contribution in [0.15, 0.2) is 18.2 Å². The van der Waals surface area contributed by atoms with Gasteiger partial charge in [0, 0.05) is 18.1 Å². The van der Waals surface area contributed by atoms with Crippen LogP contribution in [0.2, 0.25) is 0 Å². The SMILES string of the molecule is COC(=O)C(Br)Cc1cc(C)ccc1[N+](=O)[O-]. The van der Waals surface area contributed by atoms with Gasteiger partial charge in [-0.15, -0.1) is 0 Å². The van der Waals surface area contributed by atoms with Crippen molar-refractivity contribution in [1.82, 2.24) is 0 Å². The number of carbonyl (C=O) groups is 1. The van der Waals surface area contributed by atoms with Gasteiger partial charge in [0.05, 0.1) is 12.0 Å². The highest BCUT2D eigenvalue weighted by Gasteiger charge is 2.21. The third kappa shape index (κ3) is 3.52. The first kappa shape index (κ1) is 13.6. The number of alkyl halides is 1. The third-order valence-electron chi connectivity index (χ3n) is 2.29. The maximum Gasteiger partial charge on any atom is 0.319 e. The van der Waals surface area contributed by atoms with Gasteiger partial charge in [-0.05, 0) is 13.0 Å². The maximum absolute atomic E-state index is 11.2. The second-order valence-electron chi connectivity index (χ2n) is 3.58. The Kier molecular flexibility index (Phi) is 4.62. The summed E-state index contributed by atoms with van der Waals surface area (Å²) in [6.07, 6.45) is 0.227. The Hall–Kier alpha value is -1.43. The summed E-state index contributed by atoms with van der Waals surface area (Å²) in [7, 11) is 1.28. The summed E-state index contributed by atoms with van der Waals surface area (Å²) in [5.74, 6) is -0.444. The van der Waals surface area contributed by atoms with Crippen LogP contribution in [0.4, 0.5) is 5.69 Å². The van der Waals surface area contributed by atoms with Crippen LogP contribution in [0.1, 0.15) is 11.1 Å². The zero-order valence-electron chi connectivity index (χ0n) is 9.47. The van der Waals surface area contributed by atoms with Gasteiger partial charge < -0.3 is 4.74 Å². The Labute approximate surface area is 107 Å². The van der Waals surface area contributed by atoms with Gasteiger partial charge >= 0.3 is 5.97 Å². The molecule has 0 amide bonds. The quantitative estimate of drug-likeness (QED) is 0.370. The fourth-order valence-electron chi connectivity index (χ4n) is 1.46. The molecule has 0 aromatic heterocycles. The van der Waals surface area contributed by atoms with E-state index in [1.807, 2.05) is 6.92 Å². The van der Waals surface area contributed by atoms with Crippen LogP contribution < -0.4 is 0 Å². The fourth-order valence-corrected chi connectivity index (χ4v) is 2.00. The van der Waals surface area contributed by atoms with Crippen LogP contribution in [0.5, 0.6) is 0 Å². The Balaban J connectivity index is 3.00. The number of hydrogen-bond acceptors (Lipinski definition) is 4. The van der Waals surface area contributed by atoms with Gasteiger partial charge in [0.2, 0.25) is 0 Å². The van der Waals surface area contributed by atoms with E-state index in [2.05, 4.69) is 20.7 Å². The number of carbonyl (C=O) groups excluding carboxylic acids is 1. The van der Waals surface area contributed by atoms with Crippen LogP contribution in [0, 0.1) is 17.0 Å². The minimum Gasteiger partial charge on any atom is -0.468 e. The van der Waals surface area contributed by atoms with E-state index < -0.39 is 15.7 Å². The lowest BCUT2D eigenvalue weighted by Crippen LogP contribution is -2.18. The number of nitro benzene ring substituents is 1. The Morgan fingerprint density at radius 1 is 1.59 bits per heavy atom. The smallest absolute Gasteiger partial charge is 0.319 e. The minimum atomic E-state index is -0.576. The average molecular weight is 302 g/mol. The molecule has 1 rings (SSSR count). The molecule has 0 radical (unpaired) electrons. The molecule has 0 aliphatic rings. The monoisotopic (exact) mass is 301 g/mol. The van der Waals surface area contributed by atoms with E-state index in [1.165, 1.54) is 13.2 Å². The van der Waals surface area contributed by atoms with E-state index >= 15 is 0 Å². The predicted molar refractivity (Wildman–Crippen MR) is 66.3 cm³/mol. The highest BCUT2D eigenvalue weighted by atomic mass is 79.9. The molecule has 1 atom stereocenters. The van der Waals surface area contributed by atoms with E-state index in [9.17, 15) is 14.9 Å². The zero-order chi connectivity index (χ0) is 13.0. The van der Waals surface area contributed by atoms with Crippen molar-refractivity contribution in [2.75, 3.05) is 7.11 Å². The minimum absolute atomic E-state index is 0.0175. The van der Waals surface area contributed by atoms with Crippen molar-refractivity contribution in [3.8, 4) is 0 Å². The lowest BCUT2D eigenvalue weighted by Gasteiger charge is -2.08. The highest BCUT2D eigenvalue weighted by Crippen LogP contribution is 2.23. The van der Waals surface area contributed by atoms with E-state index in [-0.39, 0.29) is 12.1 Å². The number of rotatable bonds is 4. The van der Waals surface area contributed by atoms with Crippen LogP contribution in [-0.4, -0.2) is 22.8 Å². The van der Waals surface area contributed by atoms with Crippen LogP contribution in [0.25, 0.3) is 0 Å². The van der Waals surface area contributed by atoms with E-state index in [1.54, 1.807) is 12.1 Å². The molecule has 0 saturated carbocycles. The normalized spacial score (nSPS) is 11.9. The lowest BCUT2D eigenvalue weighted by molar-refractivity contribution is -0.385. The summed E-state index contributed by atoms with van der Waals surface area (Å²) in [4.78, 5) is 21.0. The van der Waals surface area contributed by atoms with Crippen molar-refractivity contribution < 1.29 is 14.5 Å². The van der Waals surface area contributed by atoms with Crippen molar-refractivity contribution in [2.24, 2.45) is 0 Å². The summed E-state index contributed by atoms with van der Waals surface area (Å²) >= 11 is 3.15. The molecular formula is C11H12BrNO4. The molecule has 0 N–H and O–H groups in total. The van der Waals surface area contributed by atoms with Gasteiger partial charge in [-0.1, -0.05) is 27.6 Å². The van der Waals surface area contributed by atoms with Gasteiger partial charge in [-0.3, -0.25) is 14.9 Å². The highest BCUT2D eigenvalue weighted by molar-refractivity contribution is 9.10. The maximum atomic E-state index is 11.2. The van der Waals surface area contributed by atoms with Crippen molar-refractivity contribution in [2.45, 2.75) is 18.2 Å². The molecule has 0 heterocycles. The summed E-state index contributed by atoms with van der Waals surface area (Å²) in [5, 5.41) is 10.8. The number of nitrogens with zero attached hydrogens (tertiary/aromatic N) is 1. The third-order valence-corrected chi connectivity index (χ3v) is 2.99. The molecule has 0 spiro atoms. The molecule has 1 aromatic carbocycles. The first-order valence-electron chi connectivity index (χ1n) is 4.91. The van der Waals surface area contributed by atoms with Crippen molar-refractivity contribution in [3.63, 3.8) is 0 Å². The van der Waals surface area contributed by atoms with E-state index in [0.717, 1.165) is 5.56 Å². The number of benzene rings is 1. The Morgan fingerprint density at radius 3 is 2.76 bits per heavy atom. The standard InChI is InChI=1S/C11H12BrNO4/c1-7-3-4-10(13(15)16)8(5-7)6-9(12)11(14)17-2/h3-5,9H,6H2,1-2H3. The van der Waals surface area contributed by atoms with Gasteiger partial charge in [0.1, 0.15) is 4.83 Å². The molecule has 6 heteroatoms. The number of esters is 1. The molecule has 5 nitrogen and oxygen atoms in total. The number of nitro groups is 1. The molecule has 17 heavy (non-hydrogen) atoms. The number of hydrogen-bond donors (Lipinski definition) is 0. The number of methoxy groups -OCH3 is 1. The second-order valence-corrected chi connectivity index (χ2v) is 4.69. The molecule has 0 bridgehead atoms. The van der Waals surface area contributed by atoms with E-state index in [0.29, 0.717) is 5.56 Å². The summed E-state index contributed by atoms with van der Waals surface area (Å²) in [5.41, 5.74) is 1.45. The van der Waals surface area contributed by atoms with Gasteiger partial charge in [-0.2, -0.15) is 0 Å². The number of ether oxygens (including phenoxy) is 1. The predicted octanol–water partition coefficient (Wildman–Crippen LogP) is 2.38. The molecule has 0 saturated heterocycles. The van der Waals surface area contributed by atoms with Crippen LogP contribution in [-0.2, 0) is 16.0 Å². The topological polar surface area (TPSA) is 69.4 Å². The summed E-state index contributed by atoms with van der Waals surface area (Å²) < 4.78 is 4.56. The molecule has 0 fully saturated rings. The Bertz CT molecular complexity index is 447. The Morgan fingerprint density at radius 2 is 2.24 bits per heavy atom. The fraction of sp³-hybridized carbons (Fsp3) is 0.364. The van der Waals surface area contributed by atoms with Crippen LogP contribution in [0.3, 0.4) is 0 Å². The molecular weight excluding hydrogens is 290 g/mol. The molecule has 92 valence electrons. The van der Waals surface area contributed by atoms with Crippen molar-refractivity contribution >= 4 is 27.6 Å². The van der Waals surface area contributed by atoms with Crippen molar-refractivity contribution in [1.29, 1.82) is 0 Å². The van der Waals surface area contributed by atoms with Gasteiger partial charge in [0.15, 0.2) is 0 Å². The van der Waals surface area contributed by atoms with E-state index in [4.69, 9.17) is 0 Å². The first-order chi connectivity index (χ1) is 7.95.